The second-order valence-electron chi connectivity index (χ2n) is 22.5. The average molecular weight is 1120 g/mol. The van der Waals surface area contributed by atoms with Gasteiger partial charge in [0.15, 0.2) is 12.6 Å². The van der Waals surface area contributed by atoms with Gasteiger partial charge in [-0.25, -0.2) is 0 Å². The van der Waals surface area contributed by atoms with Gasteiger partial charge in [-0.15, -0.1) is 0 Å². The van der Waals surface area contributed by atoms with Crippen LogP contribution in [0.2, 0.25) is 0 Å². The molecular formula is C65H117NO13. The van der Waals surface area contributed by atoms with Crippen LogP contribution < -0.4 is 5.32 Å². The number of nitrogens with one attached hydrogen (secondary N) is 1. The largest absolute Gasteiger partial charge is 0.394 e. The van der Waals surface area contributed by atoms with E-state index in [4.69, 9.17) is 18.9 Å². The maximum absolute atomic E-state index is 13.3. The van der Waals surface area contributed by atoms with Crippen molar-refractivity contribution in [2.75, 3.05) is 19.8 Å². The van der Waals surface area contributed by atoms with Crippen molar-refractivity contribution in [2.45, 2.75) is 325 Å². The summed E-state index contributed by atoms with van der Waals surface area (Å²) in [5.41, 5.74) is 0. The Morgan fingerprint density at radius 2 is 0.848 bits per heavy atom. The molecule has 0 aliphatic carbocycles. The first-order valence-corrected chi connectivity index (χ1v) is 32.0. The molecule has 79 heavy (non-hydrogen) atoms. The van der Waals surface area contributed by atoms with Crippen LogP contribution in [0.5, 0.6) is 0 Å². The number of aliphatic hydroxyl groups excluding tert-OH is 8. The van der Waals surface area contributed by atoms with E-state index in [0.29, 0.717) is 12.8 Å². The Hall–Kier alpha value is -2.31. The summed E-state index contributed by atoms with van der Waals surface area (Å²) >= 11 is 0. The van der Waals surface area contributed by atoms with Crippen LogP contribution in [-0.2, 0) is 23.7 Å². The van der Waals surface area contributed by atoms with E-state index in [1.54, 1.807) is 6.08 Å². The zero-order valence-corrected chi connectivity index (χ0v) is 49.6. The fourth-order valence-electron chi connectivity index (χ4n) is 10.3. The molecule has 460 valence electrons. The Morgan fingerprint density at radius 1 is 0.456 bits per heavy atom. The summed E-state index contributed by atoms with van der Waals surface area (Å²) in [7, 11) is 0. The molecule has 0 aromatic rings. The minimum absolute atomic E-state index is 0.256. The van der Waals surface area contributed by atoms with Crippen LogP contribution in [0.4, 0.5) is 0 Å². The molecule has 2 fully saturated rings. The van der Waals surface area contributed by atoms with Gasteiger partial charge in [0.05, 0.1) is 32.0 Å². The Kier molecular flexibility index (Phi) is 46.3. The summed E-state index contributed by atoms with van der Waals surface area (Å²) in [6.45, 7) is 2.78. The normalized spacial score (nSPS) is 24.8. The molecule has 1 amide bonds. The van der Waals surface area contributed by atoms with Crippen molar-refractivity contribution in [2.24, 2.45) is 0 Å². The molecule has 0 bridgehead atoms. The molecule has 2 heterocycles. The van der Waals surface area contributed by atoms with E-state index in [2.05, 4.69) is 67.8 Å². The molecule has 2 aliphatic heterocycles. The number of ether oxygens (including phenoxy) is 4. The number of hydrogen-bond donors (Lipinski definition) is 9. The third-order valence-corrected chi connectivity index (χ3v) is 15.4. The molecule has 0 aromatic heterocycles. The van der Waals surface area contributed by atoms with Crippen molar-refractivity contribution in [3.8, 4) is 0 Å². The lowest BCUT2D eigenvalue weighted by atomic mass is 9.97. The molecule has 0 spiro atoms. The van der Waals surface area contributed by atoms with Crippen molar-refractivity contribution >= 4 is 5.91 Å². The van der Waals surface area contributed by atoms with Gasteiger partial charge in [-0.2, -0.15) is 0 Å². The number of carbonyl (C=O) groups excluding carboxylic acids is 1. The first kappa shape index (κ1) is 72.8. The summed E-state index contributed by atoms with van der Waals surface area (Å²) < 4.78 is 22.8. The first-order valence-electron chi connectivity index (χ1n) is 32.0. The SMILES string of the molecule is CCCCCCC/C=C\C/C=C\C/C=C\CCCCCCCCCCC(=O)NC(COC1OC(CO)C(OC2OC(CO)C(O)C(O)C2O)C(O)C1O)C(O)/C=C/CC/C=C/CCCCCCCCCCCCCCCCCC. The van der Waals surface area contributed by atoms with Gasteiger partial charge in [0.25, 0.3) is 0 Å². The molecule has 14 heteroatoms. The van der Waals surface area contributed by atoms with Gasteiger partial charge in [-0.05, 0) is 70.6 Å². The number of carbonyl (C=O) groups is 1. The first-order chi connectivity index (χ1) is 38.6. The highest BCUT2D eigenvalue weighted by Gasteiger charge is 2.51. The average Bonchev–Trinajstić information content (AvgIpc) is 3.47. The zero-order valence-electron chi connectivity index (χ0n) is 49.6. The third-order valence-electron chi connectivity index (χ3n) is 15.4. The number of rotatable bonds is 51. The van der Waals surface area contributed by atoms with E-state index in [0.717, 1.165) is 51.4 Å². The van der Waals surface area contributed by atoms with Crippen molar-refractivity contribution in [1.82, 2.24) is 5.32 Å². The Labute approximate surface area is 479 Å². The highest BCUT2D eigenvalue weighted by atomic mass is 16.7. The van der Waals surface area contributed by atoms with E-state index in [-0.39, 0.29) is 18.9 Å². The standard InChI is InChI=1S/C65H117NO13/c1-3-5-7-9-11-13-15-17-19-21-23-25-27-29-31-33-35-37-39-41-43-45-47-49-57(70)66-53(52-76-64-62(75)60(73)63(56(51-68)78-64)79-65-61(74)59(72)58(71)55(50-67)77-65)54(69)48-46-44-42-40-38-36-34-32-30-28-26-24-22-20-18-16-14-12-10-8-6-4-2/h15,17,21,23,27,29,38,40,46,48,53-56,58-65,67-69,71-75H,3-14,16,18-20,22,24-26,28,30-37,39,41-45,47,49-52H2,1-2H3,(H,66,70)/b17-15-,23-21-,29-27-,40-38+,48-46+. The predicted octanol–water partition coefficient (Wildman–Crippen LogP) is 11.7. The maximum Gasteiger partial charge on any atom is 0.220 e. The summed E-state index contributed by atoms with van der Waals surface area (Å²) in [4.78, 5) is 13.3. The quantitative estimate of drug-likeness (QED) is 0.0204. The number of aliphatic hydroxyl groups is 8. The van der Waals surface area contributed by atoms with Crippen LogP contribution >= 0.6 is 0 Å². The van der Waals surface area contributed by atoms with Crippen LogP contribution in [0.3, 0.4) is 0 Å². The molecule has 12 unspecified atom stereocenters. The number of hydrogen-bond acceptors (Lipinski definition) is 13. The van der Waals surface area contributed by atoms with Gasteiger partial charge in [-0.3, -0.25) is 4.79 Å². The van der Waals surface area contributed by atoms with Crippen LogP contribution in [0.15, 0.2) is 60.8 Å². The molecule has 0 saturated carbocycles. The fraction of sp³-hybridized carbons (Fsp3) is 0.831. The van der Waals surface area contributed by atoms with E-state index in [9.17, 15) is 45.6 Å². The second-order valence-corrected chi connectivity index (χ2v) is 22.5. The van der Waals surface area contributed by atoms with Crippen molar-refractivity contribution < 1.29 is 64.6 Å². The fourth-order valence-corrected chi connectivity index (χ4v) is 10.3. The summed E-state index contributed by atoms with van der Waals surface area (Å²) in [6, 6.07) is -0.939. The molecule has 12 atom stereocenters. The van der Waals surface area contributed by atoms with Gasteiger partial charge in [-0.1, -0.05) is 235 Å². The maximum atomic E-state index is 13.3. The van der Waals surface area contributed by atoms with Gasteiger partial charge < -0.3 is 65.1 Å². The van der Waals surface area contributed by atoms with Crippen LogP contribution in [-0.4, -0.2) is 140 Å². The summed E-state index contributed by atoms with van der Waals surface area (Å²) in [6.07, 6.45) is 48.3. The molecule has 14 nitrogen and oxygen atoms in total. The lowest BCUT2D eigenvalue weighted by Crippen LogP contribution is -2.65. The lowest BCUT2D eigenvalue weighted by molar-refractivity contribution is -0.359. The molecular weight excluding hydrogens is 1000 g/mol. The van der Waals surface area contributed by atoms with Crippen LogP contribution in [0, 0.1) is 0 Å². The predicted molar refractivity (Wildman–Crippen MR) is 318 cm³/mol. The third kappa shape index (κ3) is 35.4. The van der Waals surface area contributed by atoms with Crippen molar-refractivity contribution in [3.05, 3.63) is 60.8 Å². The van der Waals surface area contributed by atoms with E-state index < -0.39 is 86.8 Å². The smallest absolute Gasteiger partial charge is 0.220 e. The highest BCUT2D eigenvalue weighted by Crippen LogP contribution is 2.30. The second kappa shape index (κ2) is 50.2. The van der Waals surface area contributed by atoms with Crippen LogP contribution in [0.25, 0.3) is 0 Å². The highest BCUT2D eigenvalue weighted by molar-refractivity contribution is 5.76. The van der Waals surface area contributed by atoms with Crippen molar-refractivity contribution in [1.29, 1.82) is 0 Å². The van der Waals surface area contributed by atoms with E-state index in [1.807, 2.05) is 6.08 Å². The molecule has 9 N–H and O–H groups in total. The Balaban J connectivity index is 1.76. The Morgan fingerprint density at radius 3 is 1.33 bits per heavy atom. The summed E-state index contributed by atoms with van der Waals surface area (Å²) in [5.74, 6) is -0.256. The van der Waals surface area contributed by atoms with Gasteiger partial charge in [0, 0.05) is 6.42 Å². The van der Waals surface area contributed by atoms with E-state index >= 15 is 0 Å². The molecule has 2 saturated heterocycles. The van der Waals surface area contributed by atoms with Gasteiger partial charge in [0.2, 0.25) is 5.91 Å². The molecule has 2 rings (SSSR count). The minimum atomic E-state index is -1.79. The van der Waals surface area contributed by atoms with Crippen molar-refractivity contribution in [3.63, 3.8) is 0 Å². The monoisotopic (exact) mass is 1120 g/mol. The number of allylic oxidation sites excluding steroid dienone is 9. The lowest BCUT2D eigenvalue weighted by Gasteiger charge is -2.46. The Bertz CT molecular complexity index is 1560. The molecule has 0 aromatic carbocycles. The van der Waals surface area contributed by atoms with Gasteiger partial charge >= 0.3 is 0 Å². The van der Waals surface area contributed by atoms with E-state index in [1.165, 1.54) is 167 Å². The van der Waals surface area contributed by atoms with Crippen LogP contribution in [0.1, 0.15) is 251 Å². The number of unbranched alkanes of at least 4 members (excludes halogenated alkanes) is 30. The topological polar surface area (TPSA) is 228 Å². The number of amides is 1. The summed E-state index contributed by atoms with van der Waals surface area (Å²) in [5, 5.41) is 87.2. The molecule has 0 radical (unpaired) electrons. The minimum Gasteiger partial charge on any atom is -0.394 e. The van der Waals surface area contributed by atoms with Gasteiger partial charge in [0.1, 0.15) is 48.8 Å². The zero-order chi connectivity index (χ0) is 57.4. The molecule has 2 aliphatic rings.